The third-order valence-corrected chi connectivity index (χ3v) is 3.97. The lowest BCUT2D eigenvalue weighted by molar-refractivity contribution is 0.196. The van der Waals surface area contributed by atoms with Crippen molar-refractivity contribution in [3.8, 4) is 0 Å². The van der Waals surface area contributed by atoms with Gasteiger partial charge in [-0.2, -0.15) is 0 Å². The van der Waals surface area contributed by atoms with Crippen molar-refractivity contribution in [2.24, 2.45) is 0 Å². The van der Waals surface area contributed by atoms with Crippen LogP contribution in [0.25, 0.3) is 0 Å². The van der Waals surface area contributed by atoms with Gasteiger partial charge in [0.1, 0.15) is 0 Å². The van der Waals surface area contributed by atoms with E-state index in [4.69, 9.17) is 4.74 Å². The van der Waals surface area contributed by atoms with Crippen LogP contribution in [0.1, 0.15) is 17.5 Å². The lowest BCUT2D eigenvalue weighted by atomic mass is 10.1. The first-order valence-corrected chi connectivity index (χ1v) is 7.91. The summed E-state index contributed by atoms with van der Waals surface area (Å²) in [5.41, 5.74) is 1.93. The Balaban J connectivity index is 2.48. The maximum atomic E-state index is 11.8. The van der Waals surface area contributed by atoms with Crippen LogP contribution in [0.5, 0.6) is 0 Å². The van der Waals surface area contributed by atoms with Crippen molar-refractivity contribution in [2.45, 2.75) is 18.7 Å². The van der Waals surface area contributed by atoms with Crippen LogP contribution in [0.15, 0.2) is 24.3 Å². The molecule has 0 aromatic heterocycles. The summed E-state index contributed by atoms with van der Waals surface area (Å²) in [6.45, 7) is 1.75. The molecule has 0 aliphatic rings. The van der Waals surface area contributed by atoms with Crippen LogP contribution in [-0.4, -0.2) is 35.7 Å². The summed E-state index contributed by atoms with van der Waals surface area (Å²) in [6.07, 6.45) is 0.677. The van der Waals surface area contributed by atoms with Crippen LogP contribution in [0.3, 0.4) is 0 Å². The van der Waals surface area contributed by atoms with Gasteiger partial charge in [0.25, 0.3) is 0 Å². The van der Waals surface area contributed by atoms with Gasteiger partial charge in [-0.1, -0.05) is 24.3 Å². The number of benzene rings is 1. The molecular weight excluding hydrogens is 264 g/mol. The maximum absolute atomic E-state index is 11.8. The number of hydrogen-bond donors (Lipinski definition) is 2. The second-order valence-electron chi connectivity index (χ2n) is 4.35. The second-order valence-corrected chi connectivity index (χ2v) is 6.15. The molecule has 0 radical (unpaired) electrons. The lowest BCUT2D eigenvalue weighted by Crippen LogP contribution is -2.26. The molecule has 0 spiro atoms. The molecule has 6 heteroatoms. The fourth-order valence-electron chi connectivity index (χ4n) is 1.67. The highest BCUT2D eigenvalue weighted by Crippen LogP contribution is 2.07. The van der Waals surface area contributed by atoms with E-state index in [1.54, 1.807) is 7.11 Å². The van der Waals surface area contributed by atoms with Gasteiger partial charge >= 0.3 is 0 Å². The third kappa shape index (κ3) is 6.68. The van der Waals surface area contributed by atoms with Crippen LogP contribution in [0.4, 0.5) is 0 Å². The minimum atomic E-state index is -3.26. The minimum Gasteiger partial charge on any atom is -0.385 e. The van der Waals surface area contributed by atoms with E-state index >= 15 is 0 Å². The van der Waals surface area contributed by atoms with Crippen molar-refractivity contribution < 1.29 is 13.2 Å². The summed E-state index contributed by atoms with van der Waals surface area (Å²) in [5, 5.41) is 3.05. The molecule has 5 nitrogen and oxygen atoms in total. The molecule has 1 aromatic carbocycles. The van der Waals surface area contributed by atoms with E-state index in [2.05, 4.69) is 10.0 Å². The monoisotopic (exact) mass is 286 g/mol. The zero-order valence-corrected chi connectivity index (χ0v) is 12.3. The van der Waals surface area contributed by atoms with Crippen molar-refractivity contribution in [1.29, 1.82) is 0 Å². The van der Waals surface area contributed by atoms with Crippen LogP contribution < -0.4 is 10.0 Å². The molecule has 0 atom stereocenters. The molecule has 0 aliphatic heterocycles. The van der Waals surface area contributed by atoms with Gasteiger partial charge in [-0.15, -0.1) is 0 Å². The fourth-order valence-corrected chi connectivity index (χ4v) is 2.86. The van der Waals surface area contributed by atoms with Gasteiger partial charge in [-0.25, -0.2) is 13.1 Å². The number of ether oxygens (including phenoxy) is 1. The molecule has 0 amide bonds. The molecule has 0 unspecified atom stereocenters. The predicted molar refractivity (Wildman–Crippen MR) is 76.3 cm³/mol. The lowest BCUT2D eigenvalue weighted by Gasteiger charge is -2.07. The summed E-state index contributed by atoms with van der Waals surface area (Å²) in [6, 6.07) is 7.57. The van der Waals surface area contributed by atoms with Crippen LogP contribution in [-0.2, 0) is 27.1 Å². The van der Waals surface area contributed by atoms with Gasteiger partial charge < -0.3 is 10.1 Å². The van der Waals surface area contributed by atoms with Crippen molar-refractivity contribution in [1.82, 2.24) is 10.0 Å². The third-order valence-electron chi connectivity index (χ3n) is 2.61. The summed E-state index contributed by atoms with van der Waals surface area (Å²) < 4.78 is 31.1. The van der Waals surface area contributed by atoms with Crippen molar-refractivity contribution in [3.63, 3.8) is 0 Å². The Morgan fingerprint density at radius 1 is 1.16 bits per heavy atom. The molecule has 19 heavy (non-hydrogen) atoms. The van der Waals surface area contributed by atoms with Gasteiger partial charge in [-0.05, 0) is 24.6 Å². The molecule has 2 N–H and O–H groups in total. The van der Waals surface area contributed by atoms with E-state index in [-0.39, 0.29) is 5.75 Å². The molecule has 0 saturated heterocycles. The smallest absolute Gasteiger partial charge is 0.215 e. The van der Waals surface area contributed by atoms with Gasteiger partial charge in [0.05, 0.1) is 5.75 Å². The number of rotatable bonds is 9. The van der Waals surface area contributed by atoms with E-state index in [0.29, 0.717) is 19.6 Å². The van der Waals surface area contributed by atoms with E-state index in [1.165, 1.54) is 0 Å². The Morgan fingerprint density at radius 3 is 2.37 bits per heavy atom. The first-order chi connectivity index (χ1) is 9.07. The molecule has 0 heterocycles. The quantitative estimate of drug-likeness (QED) is 0.661. The summed E-state index contributed by atoms with van der Waals surface area (Å²) >= 11 is 0. The largest absolute Gasteiger partial charge is 0.385 e. The number of sulfonamides is 1. The number of nitrogens with one attached hydrogen (secondary N) is 2. The molecular formula is C13H22N2O3S. The van der Waals surface area contributed by atoms with E-state index in [1.807, 2.05) is 31.3 Å². The summed E-state index contributed by atoms with van der Waals surface area (Å²) in [5.74, 6) is 0.0137. The fraction of sp³-hybridized carbons (Fsp3) is 0.538. The van der Waals surface area contributed by atoms with Crippen LogP contribution in [0, 0.1) is 0 Å². The Hall–Kier alpha value is -0.950. The highest BCUT2D eigenvalue weighted by atomic mass is 32.2. The van der Waals surface area contributed by atoms with Crippen LogP contribution >= 0.6 is 0 Å². The Bertz CT molecular complexity index is 457. The molecule has 0 bridgehead atoms. The van der Waals surface area contributed by atoms with E-state index < -0.39 is 10.0 Å². The highest BCUT2D eigenvalue weighted by Gasteiger charge is 2.10. The SMILES string of the molecule is CNCc1ccc(CS(=O)(=O)NCCCOC)cc1. The van der Waals surface area contributed by atoms with Gasteiger partial charge in [0.15, 0.2) is 0 Å². The highest BCUT2D eigenvalue weighted by molar-refractivity contribution is 7.88. The predicted octanol–water partition coefficient (Wildman–Crippen LogP) is 0.862. The molecule has 0 fully saturated rings. The molecule has 0 saturated carbocycles. The van der Waals surface area contributed by atoms with Crippen molar-refractivity contribution >= 4 is 10.0 Å². The van der Waals surface area contributed by atoms with E-state index in [9.17, 15) is 8.42 Å². The Labute approximate surface area is 115 Å². The Kier molecular flexibility index (Phi) is 7.01. The molecule has 0 aliphatic carbocycles. The minimum absolute atomic E-state index is 0.0137. The number of hydrogen-bond acceptors (Lipinski definition) is 4. The zero-order valence-electron chi connectivity index (χ0n) is 11.5. The first-order valence-electron chi connectivity index (χ1n) is 6.26. The summed E-state index contributed by atoms with van der Waals surface area (Å²) in [7, 11) is 0.214. The summed E-state index contributed by atoms with van der Waals surface area (Å²) in [4.78, 5) is 0. The Morgan fingerprint density at radius 2 is 1.79 bits per heavy atom. The maximum Gasteiger partial charge on any atom is 0.215 e. The molecule has 1 aromatic rings. The molecule has 108 valence electrons. The van der Waals surface area contributed by atoms with Gasteiger partial charge in [-0.3, -0.25) is 0 Å². The topological polar surface area (TPSA) is 67.4 Å². The molecule has 1 rings (SSSR count). The van der Waals surface area contributed by atoms with Crippen molar-refractivity contribution in [3.05, 3.63) is 35.4 Å². The van der Waals surface area contributed by atoms with Gasteiger partial charge in [0.2, 0.25) is 10.0 Å². The zero-order chi connectivity index (χ0) is 14.1. The second kappa shape index (κ2) is 8.27. The van der Waals surface area contributed by atoms with E-state index in [0.717, 1.165) is 17.7 Å². The average molecular weight is 286 g/mol. The number of methoxy groups -OCH3 is 1. The normalized spacial score (nSPS) is 11.7. The van der Waals surface area contributed by atoms with Crippen molar-refractivity contribution in [2.75, 3.05) is 27.3 Å². The standard InChI is InChI=1S/C13H22N2O3S/c1-14-10-12-4-6-13(7-5-12)11-19(16,17)15-8-3-9-18-2/h4-7,14-15H,3,8-11H2,1-2H3. The average Bonchev–Trinajstić information content (AvgIpc) is 2.37. The van der Waals surface area contributed by atoms with Gasteiger partial charge in [0, 0.05) is 26.8 Å². The first kappa shape index (κ1) is 16.1. The van der Waals surface area contributed by atoms with Crippen LogP contribution in [0.2, 0.25) is 0 Å².